The number of rotatable bonds is 3. The Morgan fingerprint density at radius 2 is 2.04 bits per heavy atom. The summed E-state index contributed by atoms with van der Waals surface area (Å²) in [4.78, 5) is 26.7. The molecule has 3 N–H and O–H groups in total. The van der Waals surface area contributed by atoms with E-state index in [0.717, 1.165) is 24.9 Å². The molecule has 5 nitrogen and oxygen atoms in total. The average Bonchev–Trinajstić information content (AvgIpc) is 2.89. The zero-order valence-corrected chi connectivity index (χ0v) is 13.8. The predicted octanol–water partition coefficient (Wildman–Crippen LogP) is 2.22. The molecule has 2 aliphatic rings. The van der Waals surface area contributed by atoms with E-state index in [9.17, 15) is 9.59 Å². The molecule has 1 heterocycles. The Hall–Kier alpha value is -1.59. The quantitative estimate of drug-likeness (QED) is 0.889. The molecule has 3 rings (SSSR count). The first-order chi connectivity index (χ1) is 11.0. The average molecular weight is 336 g/mol. The molecule has 1 aliphatic heterocycles. The summed E-state index contributed by atoms with van der Waals surface area (Å²) in [5, 5.41) is 3.45. The summed E-state index contributed by atoms with van der Waals surface area (Å²) >= 11 is 5.99. The van der Waals surface area contributed by atoms with Gasteiger partial charge in [-0.1, -0.05) is 36.9 Å². The van der Waals surface area contributed by atoms with E-state index >= 15 is 0 Å². The molecule has 2 fully saturated rings. The number of nitrogens with zero attached hydrogens (tertiary/aromatic N) is 1. The minimum Gasteiger partial charge on any atom is -0.343 e. The summed E-state index contributed by atoms with van der Waals surface area (Å²) in [5.74, 6) is -0.288. The van der Waals surface area contributed by atoms with Crippen molar-refractivity contribution in [3.63, 3.8) is 0 Å². The van der Waals surface area contributed by atoms with Crippen molar-refractivity contribution in [1.29, 1.82) is 0 Å². The van der Waals surface area contributed by atoms with Crippen LogP contribution in [0, 0.1) is 0 Å². The fourth-order valence-electron chi connectivity index (χ4n) is 3.43. The molecular weight excluding hydrogens is 314 g/mol. The SMILES string of the molecule is NC1(C(=O)NC2CCN(c3cccc(Cl)c3)C2=O)CCCCC1. The van der Waals surface area contributed by atoms with E-state index in [1.54, 1.807) is 17.0 Å². The fraction of sp³-hybridized carbons (Fsp3) is 0.529. The molecule has 1 atom stereocenters. The number of benzene rings is 1. The third kappa shape index (κ3) is 3.35. The van der Waals surface area contributed by atoms with E-state index in [1.807, 2.05) is 12.1 Å². The van der Waals surface area contributed by atoms with Crippen molar-refractivity contribution in [2.45, 2.75) is 50.1 Å². The van der Waals surface area contributed by atoms with Gasteiger partial charge in [-0.25, -0.2) is 0 Å². The van der Waals surface area contributed by atoms with E-state index in [4.69, 9.17) is 17.3 Å². The van der Waals surface area contributed by atoms with Crippen LogP contribution >= 0.6 is 11.6 Å². The Balaban J connectivity index is 1.66. The molecular formula is C17H22ClN3O2. The number of anilines is 1. The van der Waals surface area contributed by atoms with Crippen molar-refractivity contribution in [3.05, 3.63) is 29.3 Å². The molecule has 23 heavy (non-hydrogen) atoms. The predicted molar refractivity (Wildman–Crippen MR) is 90.4 cm³/mol. The number of carbonyl (C=O) groups excluding carboxylic acids is 2. The standard InChI is InChI=1S/C17H22ClN3O2/c18-12-5-4-6-13(11-12)21-10-7-14(15(21)22)20-16(23)17(19)8-2-1-3-9-17/h4-6,11,14H,1-3,7-10,19H2,(H,20,23). The maximum Gasteiger partial charge on any atom is 0.249 e. The van der Waals surface area contributed by atoms with Crippen LogP contribution in [0.25, 0.3) is 0 Å². The molecule has 124 valence electrons. The van der Waals surface area contributed by atoms with Crippen LogP contribution in [0.15, 0.2) is 24.3 Å². The topological polar surface area (TPSA) is 75.4 Å². The number of hydrogen-bond acceptors (Lipinski definition) is 3. The number of carbonyl (C=O) groups is 2. The highest BCUT2D eigenvalue weighted by molar-refractivity contribution is 6.31. The van der Waals surface area contributed by atoms with Gasteiger partial charge in [0.2, 0.25) is 11.8 Å². The molecule has 6 heteroatoms. The molecule has 0 bridgehead atoms. The molecule has 1 unspecified atom stereocenters. The second-order valence-corrected chi connectivity index (χ2v) is 6.94. The Kier molecular flexibility index (Phi) is 4.60. The second kappa shape index (κ2) is 6.49. The second-order valence-electron chi connectivity index (χ2n) is 6.50. The molecule has 1 saturated heterocycles. The van der Waals surface area contributed by atoms with Gasteiger partial charge in [0, 0.05) is 17.3 Å². The summed E-state index contributed by atoms with van der Waals surface area (Å²) in [6.45, 7) is 0.571. The molecule has 1 saturated carbocycles. The van der Waals surface area contributed by atoms with E-state index in [1.165, 1.54) is 0 Å². The van der Waals surface area contributed by atoms with Gasteiger partial charge in [0.25, 0.3) is 0 Å². The van der Waals surface area contributed by atoms with Gasteiger partial charge in [0.1, 0.15) is 6.04 Å². The van der Waals surface area contributed by atoms with Gasteiger partial charge in [-0.3, -0.25) is 9.59 Å². The van der Waals surface area contributed by atoms with Crippen LogP contribution in [0.5, 0.6) is 0 Å². The lowest BCUT2D eigenvalue weighted by atomic mass is 9.81. The fourth-order valence-corrected chi connectivity index (χ4v) is 3.61. The largest absolute Gasteiger partial charge is 0.343 e. The van der Waals surface area contributed by atoms with E-state index in [2.05, 4.69) is 5.32 Å². The van der Waals surface area contributed by atoms with Gasteiger partial charge in [0.05, 0.1) is 5.54 Å². The first kappa shape index (κ1) is 16.3. The number of nitrogens with one attached hydrogen (secondary N) is 1. The van der Waals surface area contributed by atoms with Crippen LogP contribution < -0.4 is 16.0 Å². The molecule has 1 aromatic rings. The van der Waals surface area contributed by atoms with Gasteiger partial charge in [-0.2, -0.15) is 0 Å². The van der Waals surface area contributed by atoms with Gasteiger partial charge < -0.3 is 16.0 Å². The zero-order chi connectivity index (χ0) is 16.4. The van der Waals surface area contributed by atoms with Gasteiger partial charge >= 0.3 is 0 Å². The van der Waals surface area contributed by atoms with Crippen LogP contribution in [-0.2, 0) is 9.59 Å². The van der Waals surface area contributed by atoms with Crippen molar-refractivity contribution in [3.8, 4) is 0 Å². The highest BCUT2D eigenvalue weighted by Crippen LogP contribution is 2.28. The van der Waals surface area contributed by atoms with Gasteiger partial charge in [-0.05, 0) is 37.5 Å². The summed E-state index contributed by atoms with van der Waals surface area (Å²) in [7, 11) is 0. The summed E-state index contributed by atoms with van der Waals surface area (Å²) in [6, 6.07) is 6.69. The Bertz CT molecular complexity index is 614. The Labute approximate surface area is 141 Å². The van der Waals surface area contributed by atoms with Gasteiger partial charge in [0.15, 0.2) is 0 Å². The van der Waals surface area contributed by atoms with E-state index < -0.39 is 11.6 Å². The van der Waals surface area contributed by atoms with Crippen molar-refractivity contribution in [2.75, 3.05) is 11.4 Å². The lowest BCUT2D eigenvalue weighted by Gasteiger charge is -2.32. The zero-order valence-electron chi connectivity index (χ0n) is 13.1. The minimum atomic E-state index is -0.817. The third-order valence-corrected chi connectivity index (χ3v) is 5.06. The van der Waals surface area contributed by atoms with Crippen molar-refractivity contribution in [2.24, 2.45) is 5.73 Å². The Morgan fingerprint density at radius 1 is 1.30 bits per heavy atom. The lowest BCUT2D eigenvalue weighted by Crippen LogP contribution is -2.58. The van der Waals surface area contributed by atoms with Crippen LogP contribution in [0.1, 0.15) is 38.5 Å². The maximum absolute atomic E-state index is 12.6. The highest BCUT2D eigenvalue weighted by atomic mass is 35.5. The van der Waals surface area contributed by atoms with Gasteiger partial charge in [-0.15, -0.1) is 0 Å². The number of nitrogens with two attached hydrogens (primary N) is 1. The van der Waals surface area contributed by atoms with Crippen LogP contribution in [0.4, 0.5) is 5.69 Å². The van der Waals surface area contributed by atoms with Crippen molar-refractivity contribution in [1.82, 2.24) is 5.32 Å². The summed E-state index contributed by atoms with van der Waals surface area (Å²) in [5.41, 5.74) is 6.18. The molecule has 0 spiro atoms. The monoisotopic (exact) mass is 335 g/mol. The maximum atomic E-state index is 12.6. The first-order valence-corrected chi connectivity index (χ1v) is 8.54. The van der Waals surface area contributed by atoms with E-state index in [-0.39, 0.29) is 11.8 Å². The first-order valence-electron chi connectivity index (χ1n) is 8.16. The van der Waals surface area contributed by atoms with Crippen LogP contribution in [-0.4, -0.2) is 29.9 Å². The number of halogens is 1. The molecule has 2 amide bonds. The third-order valence-electron chi connectivity index (χ3n) is 4.83. The normalized spacial score (nSPS) is 23.8. The molecule has 1 aliphatic carbocycles. The Morgan fingerprint density at radius 3 is 2.74 bits per heavy atom. The smallest absolute Gasteiger partial charge is 0.249 e. The van der Waals surface area contributed by atoms with E-state index in [0.29, 0.717) is 30.8 Å². The highest BCUT2D eigenvalue weighted by Gasteiger charge is 2.40. The number of amides is 2. The summed E-state index contributed by atoms with van der Waals surface area (Å²) < 4.78 is 0. The van der Waals surface area contributed by atoms with Crippen LogP contribution in [0.2, 0.25) is 5.02 Å². The molecule has 0 radical (unpaired) electrons. The lowest BCUT2D eigenvalue weighted by molar-refractivity contribution is -0.131. The molecule has 0 aromatic heterocycles. The summed E-state index contributed by atoms with van der Waals surface area (Å²) in [6.07, 6.45) is 5.04. The molecule has 1 aromatic carbocycles. The van der Waals surface area contributed by atoms with Crippen LogP contribution in [0.3, 0.4) is 0 Å². The van der Waals surface area contributed by atoms with Crippen molar-refractivity contribution >= 4 is 29.1 Å². The number of hydrogen-bond donors (Lipinski definition) is 2. The minimum absolute atomic E-state index is 0.0972. The van der Waals surface area contributed by atoms with Crippen molar-refractivity contribution < 1.29 is 9.59 Å².